The third-order valence-corrected chi connectivity index (χ3v) is 10.1. The molecule has 2 aliphatic heterocycles. The average molecular weight is 764 g/mol. The quantitative estimate of drug-likeness (QED) is 0.101. The second-order valence-electron chi connectivity index (χ2n) is 14.3. The van der Waals surface area contributed by atoms with Gasteiger partial charge in [0.1, 0.15) is 36.5 Å². The summed E-state index contributed by atoms with van der Waals surface area (Å²) in [7, 11) is 0. The number of hydrogen-bond acceptors (Lipinski definition) is 9. The van der Waals surface area contributed by atoms with Gasteiger partial charge in [-0.1, -0.05) is 68.7 Å². The Bertz CT molecular complexity index is 1590. The molecule has 2 heterocycles. The van der Waals surface area contributed by atoms with Crippen LogP contribution >= 0.6 is 0 Å². The Morgan fingerprint density at radius 1 is 0.818 bits per heavy atom. The summed E-state index contributed by atoms with van der Waals surface area (Å²) in [5.41, 5.74) is 13.1. The normalized spacial score (nSPS) is 18.2. The predicted molar refractivity (Wildman–Crippen MR) is 205 cm³/mol. The summed E-state index contributed by atoms with van der Waals surface area (Å²) < 4.78 is 5.83. The molecule has 300 valence electrons. The smallest absolute Gasteiger partial charge is 0.326 e. The fourth-order valence-electron chi connectivity index (χ4n) is 6.98. The van der Waals surface area contributed by atoms with Gasteiger partial charge in [-0.15, -0.1) is 0 Å². The summed E-state index contributed by atoms with van der Waals surface area (Å²) in [4.78, 5) is 81.9. The fourth-order valence-corrected chi connectivity index (χ4v) is 6.98. The second-order valence-corrected chi connectivity index (χ2v) is 14.3. The third-order valence-electron chi connectivity index (χ3n) is 10.1. The fraction of sp³-hybridized carbons (Fsp3) is 0.550. The van der Waals surface area contributed by atoms with Crippen LogP contribution in [0.5, 0.6) is 5.75 Å². The van der Waals surface area contributed by atoms with Gasteiger partial charge in [0.15, 0.2) is 0 Å². The van der Waals surface area contributed by atoms with Crippen LogP contribution in [0, 0.1) is 0 Å². The number of aliphatic carboxylic acids is 1. The van der Waals surface area contributed by atoms with Crippen molar-refractivity contribution in [2.75, 3.05) is 26.2 Å². The lowest BCUT2D eigenvalue weighted by atomic mass is 10.0. The number of nitrogens with zero attached hydrogens (tertiary/aromatic N) is 2. The van der Waals surface area contributed by atoms with Crippen molar-refractivity contribution in [3.05, 3.63) is 65.7 Å². The number of carbonyl (C=O) groups excluding carboxylic acids is 5. The molecule has 15 nitrogen and oxygen atoms in total. The highest BCUT2D eigenvalue weighted by Crippen LogP contribution is 2.23. The van der Waals surface area contributed by atoms with Crippen LogP contribution in [0.1, 0.15) is 82.3 Å². The van der Waals surface area contributed by atoms with E-state index in [1.165, 1.54) is 9.80 Å². The van der Waals surface area contributed by atoms with Crippen LogP contribution in [0.3, 0.4) is 0 Å². The Balaban J connectivity index is 1.33. The number of hydrogen-bond donors (Lipinski definition) is 6. The number of amides is 5. The molecule has 0 bridgehead atoms. The maximum atomic E-state index is 14.0. The minimum Gasteiger partial charge on any atom is -0.489 e. The number of likely N-dealkylation sites (tertiary alicyclic amines) is 2. The summed E-state index contributed by atoms with van der Waals surface area (Å²) in [6.07, 6.45) is 5.47. The van der Waals surface area contributed by atoms with Gasteiger partial charge in [0, 0.05) is 19.5 Å². The van der Waals surface area contributed by atoms with Crippen LogP contribution in [0.25, 0.3) is 0 Å². The Hall–Kier alpha value is -5.02. The highest BCUT2D eigenvalue weighted by molar-refractivity contribution is 5.96. The molecule has 2 aromatic carbocycles. The van der Waals surface area contributed by atoms with Crippen LogP contribution in [-0.4, -0.2) is 107 Å². The first kappa shape index (κ1) is 42.7. The van der Waals surface area contributed by atoms with Crippen molar-refractivity contribution < 1.29 is 38.6 Å². The van der Waals surface area contributed by atoms with E-state index in [2.05, 4.69) is 16.0 Å². The van der Waals surface area contributed by atoms with Crippen molar-refractivity contribution in [3.8, 4) is 5.75 Å². The van der Waals surface area contributed by atoms with Gasteiger partial charge < -0.3 is 47.1 Å². The van der Waals surface area contributed by atoms with Gasteiger partial charge >= 0.3 is 5.97 Å². The number of carboxylic acids is 1. The molecule has 2 aliphatic rings. The average Bonchev–Trinajstić information content (AvgIpc) is 3.89. The molecule has 5 atom stereocenters. The minimum atomic E-state index is -1.24. The van der Waals surface area contributed by atoms with Crippen LogP contribution in [-0.2, 0) is 41.8 Å². The van der Waals surface area contributed by atoms with Crippen molar-refractivity contribution in [2.45, 2.75) is 114 Å². The highest BCUT2D eigenvalue weighted by Gasteiger charge is 2.41. The van der Waals surface area contributed by atoms with E-state index in [0.717, 1.165) is 18.4 Å². The van der Waals surface area contributed by atoms with Crippen LogP contribution < -0.4 is 32.2 Å². The lowest BCUT2D eigenvalue weighted by molar-refractivity contribution is -0.145. The summed E-state index contributed by atoms with van der Waals surface area (Å²) in [5, 5.41) is 18.1. The second kappa shape index (κ2) is 21.8. The molecule has 55 heavy (non-hydrogen) atoms. The molecule has 2 fully saturated rings. The number of carbonyl (C=O) groups is 6. The Morgan fingerprint density at radius 3 is 2.09 bits per heavy atom. The van der Waals surface area contributed by atoms with Gasteiger partial charge in [-0.25, -0.2) is 4.79 Å². The van der Waals surface area contributed by atoms with E-state index < -0.39 is 65.7 Å². The SMILES string of the molecule is CCCC[C@H](NC(=O)[C@@H]1CCCN1C(=O)CNC(=O)[C@@H](N)CCCCN)C(=O)N1CCC[C@H]1C(=O)N[C@@H](Cc1ccc(OCc2ccccc2)cc1)C(=O)O. The first-order chi connectivity index (χ1) is 26.5. The van der Waals surface area contributed by atoms with Gasteiger partial charge in [0.05, 0.1) is 12.6 Å². The lowest BCUT2D eigenvalue weighted by Crippen LogP contribution is -2.57. The van der Waals surface area contributed by atoms with Crippen LogP contribution in [0.2, 0.25) is 0 Å². The van der Waals surface area contributed by atoms with E-state index in [-0.39, 0.29) is 19.5 Å². The van der Waals surface area contributed by atoms with E-state index >= 15 is 0 Å². The van der Waals surface area contributed by atoms with Gasteiger partial charge in [-0.2, -0.15) is 0 Å². The molecule has 15 heteroatoms. The molecule has 0 saturated carbocycles. The lowest BCUT2D eigenvalue weighted by Gasteiger charge is -2.31. The molecule has 0 aromatic heterocycles. The van der Waals surface area contributed by atoms with Crippen molar-refractivity contribution >= 4 is 35.5 Å². The zero-order chi connectivity index (χ0) is 39.7. The Labute approximate surface area is 322 Å². The Kier molecular flexibility index (Phi) is 16.9. The predicted octanol–water partition coefficient (Wildman–Crippen LogP) is 1.61. The number of carboxylic acid groups (broad SMARTS) is 1. The van der Waals surface area contributed by atoms with Gasteiger partial charge in [-0.05, 0) is 74.8 Å². The number of nitrogens with two attached hydrogens (primary N) is 2. The van der Waals surface area contributed by atoms with Crippen molar-refractivity contribution in [1.29, 1.82) is 0 Å². The standard InChI is InChI=1S/C40H57N7O8/c1-2-3-14-31(44-37(50)33-15-9-22-46(33)35(48)25-43-36(49)30(42)13-7-8-21-41)39(52)47-23-10-16-34(47)38(51)45-32(40(53)54)24-27-17-19-29(20-18-27)55-26-28-11-5-4-6-12-28/h4-6,11-12,17-20,30-34H,2-3,7-10,13-16,21-26,41-42H2,1H3,(H,43,49)(H,44,50)(H,45,51)(H,53,54)/t30-,31-,32-,33-,34-/m0/s1. The van der Waals surface area contributed by atoms with E-state index in [0.29, 0.717) is 82.4 Å². The maximum absolute atomic E-state index is 14.0. The van der Waals surface area contributed by atoms with Crippen molar-refractivity contribution in [2.24, 2.45) is 11.5 Å². The Morgan fingerprint density at radius 2 is 1.45 bits per heavy atom. The van der Waals surface area contributed by atoms with Gasteiger partial charge in [0.25, 0.3) is 0 Å². The highest BCUT2D eigenvalue weighted by atomic mass is 16.5. The number of benzene rings is 2. The van der Waals surface area contributed by atoms with Gasteiger partial charge in [0.2, 0.25) is 29.5 Å². The van der Waals surface area contributed by atoms with Crippen molar-refractivity contribution in [1.82, 2.24) is 25.8 Å². The molecule has 2 saturated heterocycles. The third kappa shape index (κ3) is 12.8. The molecule has 0 unspecified atom stereocenters. The monoisotopic (exact) mass is 763 g/mol. The van der Waals surface area contributed by atoms with E-state index in [1.54, 1.807) is 24.3 Å². The zero-order valence-electron chi connectivity index (χ0n) is 31.8. The molecule has 0 aliphatic carbocycles. The van der Waals surface area contributed by atoms with Crippen LogP contribution in [0.15, 0.2) is 54.6 Å². The number of rotatable bonds is 21. The minimum absolute atomic E-state index is 0.0256. The maximum Gasteiger partial charge on any atom is 0.326 e. The van der Waals surface area contributed by atoms with Gasteiger partial charge in [-0.3, -0.25) is 24.0 Å². The molecule has 4 rings (SSSR count). The van der Waals surface area contributed by atoms with E-state index in [1.807, 2.05) is 37.3 Å². The molecule has 5 amide bonds. The molecular weight excluding hydrogens is 706 g/mol. The summed E-state index contributed by atoms with van der Waals surface area (Å²) in [6, 6.07) is 12.0. The number of ether oxygens (including phenoxy) is 1. The first-order valence-corrected chi connectivity index (χ1v) is 19.4. The molecule has 0 radical (unpaired) electrons. The van der Waals surface area contributed by atoms with E-state index in [9.17, 15) is 33.9 Å². The molecule has 2 aromatic rings. The molecule has 0 spiro atoms. The van der Waals surface area contributed by atoms with Crippen LogP contribution in [0.4, 0.5) is 0 Å². The summed E-state index contributed by atoms with van der Waals surface area (Å²) >= 11 is 0. The number of unbranched alkanes of at least 4 members (excludes halogenated alkanes) is 2. The summed E-state index contributed by atoms with van der Waals surface area (Å²) in [6.45, 7) is 3.15. The number of nitrogens with one attached hydrogen (secondary N) is 3. The topological polar surface area (TPSA) is 226 Å². The molecule has 8 N–H and O–H groups in total. The van der Waals surface area contributed by atoms with Crippen molar-refractivity contribution in [3.63, 3.8) is 0 Å². The summed E-state index contributed by atoms with van der Waals surface area (Å²) in [5.74, 6) is -2.93. The first-order valence-electron chi connectivity index (χ1n) is 19.4. The zero-order valence-corrected chi connectivity index (χ0v) is 31.8. The largest absolute Gasteiger partial charge is 0.489 e. The molecular formula is C40H57N7O8. The van der Waals surface area contributed by atoms with E-state index in [4.69, 9.17) is 16.2 Å².